The first kappa shape index (κ1) is 24.1. The summed E-state index contributed by atoms with van der Waals surface area (Å²) in [5.41, 5.74) is 3.76. The Morgan fingerprint density at radius 1 is 0.939 bits per heavy atom. The van der Waals surface area contributed by atoms with Crippen molar-refractivity contribution in [3.63, 3.8) is 0 Å². The lowest BCUT2D eigenvalue weighted by molar-refractivity contribution is -0.133. The van der Waals surface area contributed by atoms with Gasteiger partial charge >= 0.3 is 0 Å². The fourth-order valence-corrected chi connectivity index (χ4v) is 3.81. The van der Waals surface area contributed by atoms with Gasteiger partial charge < -0.3 is 14.4 Å². The van der Waals surface area contributed by atoms with Crippen LogP contribution in [0, 0.1) is 5.92 Å². The number of aromatic nitrogens is 1. The van der Waals surface area contributed by atoms with Crippen LogP contribution in [0.25, 0.3) is 11.1 Å². The minimum Gasteiger partial charge on any atom is -0.353 e. The maximum absolute atomic E-state index is 13.3. The van der Waals surface area contributed by atoms with Crippen molar-refractivity contribution in [1.29, 1.82) is 0 Å². The molecule has 0 aliphatic rings. The molecular weight excluding hydrogens is 410 g/mol. The quantitative estimate of drug-likeness (QED) is 0.414. The molecule has 2 amide bonds. The summed E-state index contributed by atoms with van der Waals surface area (Å²) >= 11 is 0. The predicted molar refractivity (Wildman–Crippen MR) is 134 cm³/mol. The molecule has 1 heterocycles. The molecule has 0 N–H and O–H groups in total. The van der Waals surface area contributed by atoms with Gasteiger partial charge in [-0.2, -0.15) is 0 Å². The van der Waals surface area contributed by atoms with Crippen LogP contribution >= 0.6 is 0 Å². The van der Waals surface area contributed by atoms with Gasteiger partial charge in [-0.3, -0.25) is 9.59 Å². The van der Waals surface area contributed by atoms with E-state index >= 15 is 0 Å². The van der Waals surface area contributed by atoms with Crippen molar-refractivity contribution in [3.05, 3.63) is 96.8 Å². The maximum Gasteiger partial charge on any atom is 0.254 e. The molecule has 0 unspecified atom stereocenters. The fraction of sp³-hybridized carbons (Fsp3) is 0.286. The highest BCUT2D eigenvalue weighted by molar-refractivity contribution is 5.97. The number of aryl methyl sites for hydroxylation is 1. The van der Waals surface area contributed by atoms with E-state index in [4.69, 9.17) is 0 Å². The van der Waals surface area contributed by atoms with Crippen LogP contribution in [-0.2, 0) is 18.4 Å². The Labute approximate surface area is 196 Å². The second-order valence-corrected chi connectivity index (χ2v) is 8.70. The Bertz CT molecular complexity index is 1070. The monoisotopic (exact) mass is 443 g/mol. The molecule has 0 atom stereocenters. The van der Waals surface area contributed by atoms with Crippen molar-refractivity contribution in [3.8, 4) is 11.1 Å². The number of benzene rings is 2. The molecule has 3 rings (SSSR count). The van der Waals surface area contributed by atoms with E-state index in [1.54, 1.807) is 11.0 Å². The smallest absolute Gasteiger partial charge is 0.254 e. The van der Waals surface area contributed by atoms with Crippen LogP contribution < -0.4 is 0 Å². The SMILES string of the molecule is C=CCN(CC(=O)N(Cc1cccn1C)CC(C)C)C(=O)c1ccc(-c2ccccc2)cc1. The van der Waals surface area contributed by atoms with E-state index in [1.165, 1.54) is 0 Å². The molecule has 33 heavy (non-hydrogen) atoms. The molecule has 3 aromatic rings. The summed E-state index contributed by atoms with van der Waals surface area (Å²) in [6, 6.07) is 21.5. The van der Waals surface area contributed by atoms with Gasteiger partial charge in [-0.05, 0) is 41.3 Å². The summed E-state index contributed by atoms with van der Waals surface area (Å²) in [5, 5.41) is 0. The number of carbonyl (C=O) groups excluding carboxylic acids is 2. The lowest BCUT2D eigenvalue weighted by Gasteiger charge is -2.28. The molecule has 5 nitrogen and oxygen atoms in total. The number of amides is 2. The van der Waals surface area contributed by atoms with E-state index in [2.05, 4.69) is 20.4 Å². The van der Waals surface area contributed by atoms with Gasteiger partial charge in [0.1, 0.15) is 6.54 Å². The summed E-state index contributed by atoms with van der Waals surface area (Å²) < 4.78 is 2.02. The van der Waals surface area contributed by atoms with Crippen LogP contribution in [0.1, 0.15) is 29.9 Å². The molecule has 0 radical (unpaired) electrons. The molecule has 1 aromatic heterocycles. The average molecular weight is 444 g/mol. The van der Waals surface area contributed by atoms with Crippen molar-refractivity contribution in [2.45, 2.75) is 20.4 Å². The normalized spacial score (nSPS) is 10.8. The van der Waals surface area contributed by atoms with Gasteiger partial charge in [-0.1, -0.05) is 62.4 Å². The topological polar surface area (TPSA) is 45.6 Å². The van der Waals surface area contributed by atoms with Crippen LogP contribution in [-0.4, -0.2) is 45.8 Å². The van der Waals surface area contributed by atoms with Gasteiger partial charge in [-0.15, -0.1) is 6.58 Å². The van der Waals surface area contributed by atoms with Gasteiger partial charge in [0.2, 0.25) is 5.91 Å². The molecule has 0 aliphatic heterocycles. The van der Waals surface area contributed by atoms with Crippen molar-refractivity contribution >= 4 is 11.8 Å². The summed E-state index contributed by atoms with van der Waals surface area (Å²) in [5.74, 6) is 0.0792. The van der Waals surface area contributed by atoms with Crippen LogP contribution in [0.4, 0.5) is 0 Å². The second kappa shape index (κ2) is 11.3. The molecule has 172 valence electrons. The Morgan fingerprint density at radius 3 is 2.18 bits per heavy atom. The highest BCUT2D eigenvalue weighted by Gasteiger charge is 2.23. The number of nitrogens with zero attached hydrogens (tertiary/aromatic N) is 3. The first-order valence-electron chi connectivity index (χ1n) is 11.3. The predicted octanol–water partition coefficient (Wildman–Crippen LogP) is 5.01. The van der Waals surface area contributed by atoms with Gasteiger partial charge in [0.15, 0.2) is 0 Å². The first-order valence-corrected chi connectivity index (χ1v) is 11.3. The average Bonchev–Trinajstić information content (AvgIpc) is 3.22. The minimum atomic E-state index is -0.175. The summed E-state index contributed by atoms with van der Waals surface area (Å²) in [4.78, 5) is 29.9. The standard InChI is InChI=1S/C28H33N3O2/c1-5-17-30(21-27(32)31(19-22(2)3)20-26-12-9-18-29(26)4)28(33)25-15-13-24(14-16-25)23-10-7-6-8-11-23/h5-16,18,22H,1,17,19-21H2,2-4H3. The highest BCUT2D eigenvalue weighted by atomic mass is 16.2. The zero-order chi connectivity index (χ0) is 23.8. The lowest BCUT2D eigenvalue weighted by atomic mass is 10.0. The molecular formula is C28H33N3O2. The zero-order valence-electron chi connectivity index (χ0n) is 19.8. The largest absolute Gasteiger partial charge is 0.353 e. The van der Waals surface area contributed by atoms with Gasteiger partial charge in [-0.25, -0.2) is 0 Å². The fourth-order valence-electron chi connectivity index (χ4n) is 3.81. The van der Waals surface area contributed by atoms with E-state index in [1.807, 2.05) is 89.4 Å². The first-order chi connectivity index (χ1) is 15.9. The van der Waals surface area contributed by atoms with Crippen molar-refractivity contribution in [2.24, 2.45) is 13.0 Å². The van der Waals surface area contributed by atoms with Crippen molar-refractivity contribution in [2.75, 3.05) is 19.6 Å². The lowest BCUT2D eigenvalue weighted by Crippen LogP contribution is -2.44. The number of rotatable bonds is 10. The van der Waals surface area contributed by atoms with Crippen LogP contribution in [0.5, 0.6) is 0 Å². The van der Waals surface area contributed by atoms with Gasteiger partial charge in [0.25, 0.3) is 5.91 Å². The van der Waals surface area contributed by atoms with E-state index in [9.17, 15) is 9.59 Å². The molecule has 0 fully saturated rings. The highest BCUT2D eigenvalue weighted by Crippen LogP contribution is 2.20. The molecule has 2 aromatic carbocycles. The molecule has 0 saturated carbocycles. The maximum atomic E-state index is 13.3. The number of carbonyl (C=O) groups is 2. The van der Waals surface area contributed by atoms with Crippen LogP contribution in [0.2, 0.25) is 0 Å². The summed E-state index contributed by atoms with van der Waals surface area (Å²) in [6.45, 7) is 9.43. The Kier molecular flexibility index (Phi) is 8.25. The number of hydrogen-bond acceptors (Lipinski definition) is 2. The summed E-state index contributed by atoms with van der Waals surface area (Å²) in [6.07, 6.45) is 3.63. The zero-order valence-corrected chi connectivity index (χ0v) is 19.8. The number of hydrogen-bond donors (Lipinski definition) is 0. The molecule has 0 spiro atoms. The Balaban J connectivity index is 1.74. The van der Waals surface area contributed by atoms with Gasteiger partial charge in [0, 0.05) is 37.6 Å². The van der Waals surface area contributed by atoms with E-state index in [0.717, 1.165) is 16.8 Å². The van der Waals surface area contributed by atoms with Crippen LogP contribution in [0.3, 0.4) is 0 Å². The Morgan fingerprint density at radius 2 is 1.61 bits per heavy atom. The molecule has 0 aliphatic carbocycles. The second-order valence-electron chi connectivity index (χ2n) is 8.70. The van der Waals surface area contributed by atoms with Crippen molar-refractivity contribution in [1.82, 2.24) is 14.4 Å². The Hall–Kier alpha value is -3.60. The molecule has 5 heteroatoms. The van der Waals surface area contributed by atoms with E-state index < -0.39 is 0 Å². The van der Waals surface area contributed by atoms with Crippen LogP contribution in [0.15, 0.2) is 85.6 Å². The van der Waals surface area contributed by atoms with E-state index in [-0.39, 0.29) is 18.4 Å². The minimum absolute atomic E-state index is 0.0163. The summed E-state index contributed by atoms with van der Waals surface area (Å²) in [7, 11) is 1.97. The third-order valence-corrected chi connectivity index (χ3v) is 5.54. The van der Waals surface area contributed by atoms with Crippen molar-refractivity contribution < 1.29 is 9.59 Å². The third kappa shape index (κ3) is 6.45. The molecule has 0 bridgehead atoms. The third-order valence-electron chi connectivity index (χ3n) is 5.54. The molecule has 0 saturated heterocycles. The van der Waals surface area contributed by atoms with E-state index in [0.29, 0.717) is 31.1 Å². The van der Waals surface area contributed by atoms with Gasteiger partial charge in [0.05, 0.1) is 6.54 Å².